The van der Waals surface area contributed by atoms with Crippen LogP contribution in [-0.4, -0.2) is 18.3 Å². The molecule has 0 saturated heterocycles. The summed E-state index contributed by atoms with van der Waals surface area (Å²) in [6.45, 7) is 45.4. The summed E-state index contributed by atoms with van der Waals surface area (Å²) in [7, 11) is 0. The lowest BCUT2D eigenvalue weighted by Crippen LogP contribution is -2.64. The largest absolute Gasteiger partial charge is 0.338 e. The molecule has 0 amide bonds. The zero-order valence-electron chi connectivity index (χ0n) is 53.5. The minimum atomic E-state index is -0.271. The van der Waals surface area contributed by atoms with Crippen LogP contribution in [0.3, 0.4) is 0 Å². The van der Waals surface area contributed by atoms with E-state index in [9.17, 15) is 0 Å². The van der Waals surface area contributed by atoms with Crippen molar-refractivity contribution in [3.05, 3.63) is 192 Å². The molecule has 9 aromatic rings. The second kappa shape index (κ2) is 19.1. The molecule has 0 spiro atoms. The van der Waals surface area contributed by atoms with Gasteiger partial charge in [-0.15, -0.1) is 17.9 Å². The van der Waals surface area contributed by atoms with Crippen molar-refractivity contribution in [3.8, 4) is 22.3 Å². The Hall–Kier alpha value is -6.82. The van der Waals surface area contributed by atoms with Crippen molar-refractivity contribution >= 4 is 94.4 Å². The summed E-state index contributed by atoms with van der Waals surface area (Å²) in [4.78, 5) is 8.46. The molecule has 4 heterocycles. The molecule has 5 heteroatoms. The van der Waals surface area contributed by atoms with E-state index in [0.717, 1.165) is 12.8 Å². The maximum absolute atomic E-state index is 4.54. The van der Waals surface area contributed by atoms with E-state index in [1.165, 1.54) is 139 Å². The molecule has 1 aromatic heterocycles. The van der Waals surface area contributed by atoms with Crippen molar-refractivity contribution in [3.63, 3.8) is 0 Å². The van der Waals surface area contributed by atoms with Gasteiger partial charge in [0.05, 0.1) is 16.9 Å². The number of anilines is 7. The van der Waals surface area contributed by atoms with Crippen LogP contribution in [0.25, 0.3) is 42.4 Å². The van der Waals surface area contributed by atoms with Gasteiger partial charge in [-0.25, -0.2) is 0 Å². The first-order valence-electron chi connectivity index (χ1n) is 31.3. The van der Waals surface area contributed by atoms with E-state index < -0.39 is 0 Å². The van der Waals surface area contributed by atoms with Gasteiger partial charge < -0.3 is 14.7 Å². The predicted molar refractivity (Wildman–Crippen MR) is 369 cm³/mol. The van der Waals surface area contributed by atoms with E-state index in [-0.39, 0.29) is 50.8 Å². The van der Waals surface area contributed by atoms with Gasteiger partial charge in [0.2, 0.25) is 0 Å². The van der Waals surface area contributed by atoms with E-state index >= 15 is 0 Å². The molecule has 4 aliphatic rings. The van der Waals surface area contributed by atoms with Crippen LogP contribution >= 0.6 is 11.3 Å². The maximum atomic E-state index is 4.54. The fourth-order valence-electron chi connectivity index (χ4n) is 15.1. The first-order valence-corrected chi connectivity index (χ1v) is 32.2. The lowest BCUT2D eigenvalue weighted by Gasteiger charge is -2.53. The summed E-state index contributed by atoms with van der Waals surface area (Å²) >= 11 is 1.96. The van der Waals surface area contributed by atoms with E-state index in [1.807, 2.05) is 11.3 Å². The third kappa shape index (κ3) is 8.53. The van der Waals surface area contributed by atoms with Crippen LogP contribution in [-0.2, 0) is 27.1 Å². The number of hydrogen-bond acceptors (Lipinski definition) is 4. The van der Waals surface area contributed by atoms with Crippen LogP contribution in [0.2, 0.25) is 0 Å². The Labute approximate surface area is 507 Å². The molecule has 0 radical (unpaired) electrons. The van der Waals surface area contributed by atoms with Crippen LogP contribution in [0.5, 0.6) is 0 Å². The minimum Gasteiger partial charge on any atom is -0.338 e. The van der Waals surface area contributed by atoms with Crippen LogP contribution in [0.4, 0.5) is 39.8 Å². The summed E-state index contributed by atoms with van der Waals surface area (Å²) < 4.78 is 2.65. The Balaban J connectivity index is 1.27. The highest BCUT2D eigenvalue weighted by Crippen LogP contribution is 2.64. The molecule has 3 nitrogen and oxygen atoms in total. The molecule has 1 aliphatic carbocycles. The standard InChI is InChI=1S/C79H88BN3S/c1-19-77(15,16)49(2)81(56-35-32-52(33-36-56)73(3,4)5)57-47-64-69-65(48-57)83-71-61(78(17)40-26-27-41-79(78,83)18)44-55(76(12,13)14)45-63(71)80(69)62-38-39-66-68(58-37-34-53(74(6,7)8)46-67(58)84-66)72(62)82(64)70-59(50-28-22-20-23-29-50)42-54(75(9,10)11)43-60(70)51-30-24-21-25-31-51/h19-25,28-39,42-49H,1,26-27,40-41H2,2-18H3/t49-,78?,79?/m1/s1. The quantitative estimate of drug-likeness (QED) is 0.111. The lowest BCUT2D eigenvalue weighted by molar-refractivity contribution is 0.195. The van der Waals surface area contributed by atoms with Crippen molar-refractivity contribution < 1.29 is 0 Å². The smallest absolute Gasteiger partial charge is 0.252 e. The molecular weight excluding hydrogens is 1030 g/mol. The summed E-state index contributed by atoms with van der Waals surface area (Å²) in [5.41, 5.74) is 24.2. The molecule has 84 heavy (non-hydrogen) atoms. The van der Waals surface area contributed by atoms with Crippen molar-refractivity contribution in [1.29, 1.82) is 0 Å². The lowest BCUT2D eigenvalue weighted by atomic mass is 9.33. The number of nitrogens with zero attached hydrogens (tertiary/aromatic N) is 3. The Bertz CT molecular complexity index is 4060. The van der Waals surface area contributed by atoms with Gasteiger partial charge in [0.25, 0.3) is 6.71 Å². The molecule has 3 atom stereocenters. The first kappa shape index (κ1) is 56.3. The Morgan fingerprint density at radius 3 is 1.68 bits per heavy atom. The fourth-order valence-corrected chi connectivity index (χ4v) is 16.3. The topological polar surface area (TPSA) is 9.72 Å². The van der Waals surface area contributed by atoms with Gasteiger partial charge in [0, 0.05) is 76.6 Å². The second-order valence-corrected chi connectivity index (χ2v) is 31.8. The zero-order chi connectivity index (χ0) is 59.6. The average molecular weight is 1120 g/mol. The molecule has 428 valence electrons. The monoisotopic (exact) mass is 1120 g/mol. The highest BCUT2D eigenvalue weighted by atomic mass is 32.1. The van der Waals surface area contributed by atoms with E-state index in [0.29, 0.717) is 0 Å². The zero-order valence-corrected chi connectivity index (χ0v) is 54.3. The molecular formula is C79H88BN3S. The summed E-state index contributed by atoms with van der Waals surface area (Å²) in [5.74, 6) is 0. The third-order valence-electron chi connectivity index (χ3n) is 21.0. The highest BCUT2D eigenvalue weighted by Gasteiger charge is 2.62. The van der Waals surface area contributed by atoms with Gasteiger partial charge in [-0.3, -0.25) is 0 Å². The van der Waals surface area contributed by atoms with Crippen LogP contribution < -0.4 is 31.1 Å². The molecule has 0 N–H and O–H groups in total. The van der Waals surface area contributed by atoms with Gasteiger partial charge >= 0.3 is 0 Å². The molecule has 2 unspecified atom stereocenters. The predicted octanol–water partition coefficient (Wildman–Crippen LogP) is 20.7. The maximum Gasteiger partial charge on any atom is 0.252 e. The van der Waals surface area contributed by atoms with Crippen LogP contribution in [0, 0.1) is 5.41 Å². The number of thiophene rings is 1. The van der Waals surface area contributed by atoms with Crippen molar-refractivity contribution in [2.45, 2.75) is 182 Å². The van der Waals surface area contributed by atoms with E-state index in [2.05, 4.69) is 297 Å². The first-order chi connectivity index (χ1) is 39.5. The molecule has 8 aromatic carbocycles. The van der Waals surface area contributed by atoms with Gasteiger partial charge in [-0.05, 0) is 152 Å². The van der Waals surface area contributed by atoms with Crippen molar-refractivity contribution in [2.75, 3.05) is 14.7 Å². The number of hydrogen-bond donors (Lipinski definition) is 0. The average Bonchev–Trinajstić information content (AvgIpc) is 1.41. The minimum absolute atomic E-state index is 0.00133. The van der Waals surface area contributed by atoms with Crippen molar-refractivity contribution in [1.82, 2.24) is 0 Å². The number of benzene rings is 8. The Kier molecular flexibility index (Phi) is 12.8. The molecule has 0 bridgehead atoms. The summed E-state index contributed by atoms with van der Waals surface area (Å²) in [6, 6.07) is 60.4. The number of rotatable bonds is 8. The second-order valence-electron chi connectivity index (χ2n) is 30.7. The number of fused-ring (bicyclic) bond motifs is 11. The van der Waals surface area contributed by atoms with Gasteiger partial charge in [-0.2, -0.15) is 0 Å². The highest BCUT2D eigenvalue weighted by molar-refractivity contribution is 7.26. The van der Waals surface area contributed by atoms with Crippen LogP contribution in [0.1, 0.15) is 171 Å². The van der Waals surface area contributed by atoms with Gasteiger partial charge in [-0.1, -0.05) is 226 Å². The summed E-state index contributed by atoms with van der Waals surface area (Å²) in [6.07, 6.45) is 6.89. The van der Waals surface area contributed by atoms with Crippen molar-refractivity contribution in [2.24, 2.45) is 5.41 Å². The van der Waals surface area contributed by atoms with E-state index in [4.69, 9.17) is 0 Å². The third-order valence-corrected chi connectivity index (χ3v) is 22.1. The van der Waals surface area contributed by atoms with Gasteiger partial charge in [0.1, 0.15) is 0 Å². The summed E-state index contributed by atoms with van der Waals surface area (Å²) in [5, 5.41) is 2.65. The fraction of sp³-hybridized carbons (Fsp3) is 0.367. The Morgan fingerprint density at radius 1 is 0.536 bits per heavy atom. The van der Waals surface area contributed by atoms with Gasteiger partial charge in [0.15, 0.2) is 0 Å². The molecule has 1 saturated carbocycles. The molecule has 13 rings (SSSR count). The van der Waals surface area contributed by atoms with Crippen LogP contribution in [0.15, 0.2) is 164 Å². The molecule has 3 aliphatic heterocycles. The SMILES string of the molecule is C=CC(C)(C)[C@@H](C)N(c1ccc(C(C)(C)C)cc1)c1cc2c3c(c1)N1c4c(cc(C(C)(C)C)cc4C4(C)CCCCC14C)B3c1ccc3sc4cc(C(C)(C)C)ccc4c3c1N2c1c(-c2ccccc2)cc(C(C)(C)C)cc1-c1ccccc1. The Morgan fingerprint density at radius 2 is 1.10 bits per heavy atom. The van der Waals surface area contributed by atoms with E-state index in [1.54, 1.807) is 0 Å². The normalized spacial score (nSPS) is 18.8. The molecule has 1 fully saturated rings.